The van der Waals surface area contributed by atoms with Crippen molar-refractivity contribution in [1.82, 2.24) is 4.90 Å². The highest BCUT2D eigenvalue weighted by molar-refractivity contribution is 9.10. The first-order chi connectivity index (χ1) is 9.43. The van der Waals surface area contributed by atoms with Crippen LogP contribution in [-0.4, -0.2) is 24.5 Å². The fraction of sp³-hybridized carbons (Fsp3) is 0.647. The smallest absolute Gasteiger partial charge is 0.0481 e. The Morgan fingerprint density at radius 2 is 1.85 bits per heavy atom. The Bertz CT molecular complexity index is 431. The molecule has 0 saturated carbocycles. The number of likely N-dealkylation sites (tertiary alicyclic amines) is 1. The van der Waals surface area contributed by atoms with E-state index >= 15 is 0 Å². The van der Waals surface area contributed by atoms with Gasteiger partial charge in [-0.05, 0) is 48.9 Å². The van der Waals surface area contributed by atoms with Gasteiger partial charge in [-0.1, -0.05) is 54.9 Å². The van der Waals surface area contributed by atoms with Gasteiger partial charge in [0, 0.05) is 17.1 Å². The zero-order chi connectivity index (χ0) is 14.8. The fourth-order valence-electron chi connectivity index (χ4n) is 3.30. The molecule has 1 unspecified atom stereocenters. The molecule has 1 aromatic carbocycles. The van der Waals surface area contributed by atoms with E-state index < -0.39 is 0 Å². The van der Waals surface area contributed by atoms with Crippen LogP contribution in [0.5, 0.6) is 0 Å². The van der Waals surface area contributed by atoms with Crippen LogP contribution in [0, 0.1) is 11.3 Å². The highest BCUT2D eigenvalue weighted by Crippen LogP contribution is 2.37. The first-order valence-corrected chi connectivity index (χ1v) is 8.41. The minimum Gasteiger partial charge on any atom is -0.329 e. The minimum absolute atomic E-state index is 0.339. The van der Waals surface area contributed by atoms with Gasteiger partial charge >= 0.3 is 0 Å². The molecular formula is C17H27BrN2. The van der Waals surface area contributed by atoms with Crippen LogP contribution in [0.4, 0.5) is 0 Å². The standard InChI is InChI=1S/C17H27BrN2/c1-17(2,3)13-8-10-20(11-9-13)16(12-19)14-6-4-5-7-15(14)18/h4-7,13,16H,8-12,19H2,1-3H3. The topological polar surface area (TPSA) is 29.3 Å². The van der Waals surface area contributed by atoms with Crippen molar-refractivity contribution in [3.63, 3.8) is 0 Å². The highest BCUT2D eigenvalue weighted by Gasteiger charge is 2.31. The molecule has 2 nitrogen and oxygen atoms in total. The monoisotopic (exact) mass is 338 g/mol. The van der Waals surface area contributed by atoms with Crippen molar-refractivity contribution in [3.05, 3.63) is 34.3 Å². The van der Waals surface area contributed by atoms with E-state index in [1.165, 1.54) is 22.9 Å². The fourth-order valence-corrected chi connectivity index (χ4v) is 3.84. The van der Waals surface area contributed by atoms with Gasteiger partial charge in [0.25, 0.3) is 0 Å². The average Bonchev–Trinajstić information content (AvgIpc) is 2.41. The number of benzene rings is 1. The highest BCUT2D eigenvalue weighted by atomic mass is 79.9. The van der Waals surface area contributed by atoms with Gasteiger partial charge in [-0.15, -0.1) is 0 Å². The molecule has 0 radical (unpaired) electrons. The number of hydrogen-bond acceptors (Lipinski definition) is 2. The van der Waals surface area contributed by atoms with Crippen LogP contribution in [0.25, 0.3) is 0 Å². The van der Waals surface area contributed by atoms with E-state index in [0.717, 1.165) is 19.0 Å². The minimum atomic E-state index is 0.339. The number of nitrogens with two attached hydrogens (primary N) is 1. The molecule has 1 heterocycles. The lowest BCUT2D eigenvalue weighted by molar-refractivity contribution is 0.0844. The van der Waals surface area contributed by atoms with E-state index in [2.05, 4.69) is 65.9 Å². The molecule has 1 aliphatic heterocycles. The molecular weight excluding hydrogens is 312 g/mol. The van der Waals surface area contributed by atoms with Gasteiger partial charge in [0.05, 0.1) is 0 Å². The number of halogens is 1. The van der Waals surface area contributed by atoms with Crippen molar-refractivity contribution in [1.29, 1.82) is 0 Å². The molecule has 112 valence electrons. The SMILES string of the molecule is CC(C)(C)C1CCN(C(CN)c2ccccc2Br)CC1. The summed E-state index contributed by atoms with van der Waals surface area (Å²) in [7, 11) is 0. The Kier molecular flexibility index (Phi) is 5.27. The van der Waals surface area contributed by atoms with Gasteiger partial charge in [-0.2, -0.15) is 0 Å². The molecule has 0 spiro atoms. The number of piperidine rings is 1. The summed E-state index contributed by atoms with van der Waals surface area (Å²) in [6.07, 6.45) is 2.56. The quantitative estimate of drug-likeness (QED) is 0.894. The predicted molar refractivity (Wildman–Crippen MR) is 89.7 cm³/mol. The molecule has 3 heteroatoms. The Labute approximate surface area is 131 Å². The molecule has 20 heavy (non-hydrogen) atoms. The summed E-state index contributed by atoms with van der Waals surface area (Å²) in [4.78, 5) is 2.56. The first-order valence-electron chi connectivity index (χ1n) is 7.62. The number of hydrogen-bond donors (Lipinski definition) is 1. The van der Waals surface area contributed by atoms with Crippen molar-refractivity contribution in [2.45, 2.75) is 39.7 Å². The maximum atomic E-state index is 6.06. The number of nitrogens with zero attached hydrogens (tertiary/aromatic N) is 1. The molecule has 0 aromatic heterocycles. The van der Waals surface area contributed by atoms with Gasteiger partial charge in [-0.25, -0.2) is 0 Å². The number of rotatable bonds is 3. The van der Waals surface area contributed by atoms with Crippen molar-refractivity contribution in [2.24, 2.45) is 17.1 Å². The van der Waals surface area contributed by atoms with Crippen LogP contribution in [0.15, 0.2) is 28.7 Å². The third kappa shape index (κ3) is 3.63. The average molecular weight is 339 g/mol. The normalized spacial score (nSPS) is 20.1. The van der Waals surface area contributed by atoms with Crippen molar-refractivity contribution < 1.29 is 0 Å². The van der Waals surface area contributed by atoms with Crippen LogP contribution in [0.3, 0.4) is 0 Å². The van der Waals surface area contributed by atoms with E-state index in [1.807, 2.05) is 0 Å². The van der Waals surface area contributed by atoms with E-state index in [4.69, 9.17) is 5.73 Å². The molecule has 2 rings (SSSR count). The summed E-state index contributed by atoms with van der Waals surface area (Å²) < 4.78 is 1.17. The predicted octanol–water partition coefficient (Wildman–Crippen LogP) is 4.21. The van der Waals surface area contributed by atoms with Crippen LogP contribution in [-0.2, 0) is 0 Å². The molecule has 1 fully saturated rings. The summed E-state index contributed by atoms with van der Waals surface area (Å²) in [5.74, 6) is 0.830. The van der Waals surface area contributed by atoms with Crippen LogP contribution < -0.4 is 5.73 Å². The van der Waals surface area contributed by atoms with Gasteiger partial charge in [-0.3, -0.25) is 4.90 Å². The molecule has 0 aliphatic carbocycles. The third-order valence-electron chi connectivity index (χ3n) is 4.68. The van der Waals surface area contributed by atoms with E-state index in [9.17, 15) is 0 Å². The lowest BCUT2D eigenvalue weighted by Gasteiger charge is -2.42. The van der Waals surface area contributed by atoms with E-state index in [1.54, 1.807) is 0 Å². The maximum absolute atomic E-state index is 6.06. The van der Waals surface area contributed by atoms with Gasteiger partial charge in [0.15, 0.2) is 0 Å². The maximum Gasteiger partial charge on any atom is 0.0481 e. The van der Waals surface area contributed by atoms with E-state index in [0.29, 0.717) is 18.0 Å². The Hall–Kier alpha value is -0.380. The third-order valence-corrected chi connectivity index (χ3v) is 5.40. The van der Waals surface area contributed by atoms with Crippen molar-refractivity contribution in [3.8, 4) is 0 Å². The van der Waals surface area contributed by atoms with Gasteiger partial charge in [0.1, 0.15) is 0 Å². The molecule has 1 atom stereocenters. The second-order valence-electron chi connectivity index (χ2n) is 6.95. The molecule has 1 saturated heterocycles. The summed E-state index contributed by atoms with van der Waals surface area (Å²) >= 11 is 3.67. The molecule has 2 N–H and O–H groups in total. The summed E-state index contributed by atoms with van der Waals surface area (Å²) in [6.45, 7) is 10.1. The largest absolute Gasteiger partial charge is 0.329 e. The lowest BCUT2D eigenvalue weighted by atomic mass is 9.75. The van der Waals surface area contributed by atoms with Gasteiger partial charge < -0.3 is 5.73 Å². The summed E-state index contributed by atoms with van der Waals surface area (Å²) in [5.41, 5.74) is 7.81. The molecule has 1 aliphatic rings. The van der Waals surface area contributed by atoms with E-state index in [-0.39, 0.29) is 0 Å². The second-order valence-corrected chi connectivity index (χ2v) is 7.80. The summed E-state index contributed by atoms with van der Waals surface area (Å²) in [5, 5.41) is 0. The zero-order valence-electron chi connectivity index (χ0n) is 12.9. The Balaban J connectivity index is 2.06. The van der Waals surface area contributed by atoms with Crippen LogP contribution >= 0.6 is 15.9 Å². The van der Waals surface area contributed by atoms with Crippen LogP contribution in [0.2, 0.25) is 0 Å². The lowest BCUT2D eigenvalue weighted by Crippen LogP contribution is -2.42. The van der Waals surface area contributed by atoms with Crippen molar-refractivity contribution >= 4 is 15.9 Å². The molecule has 0 bridgehead atoms. The van der Waals surface area contributed by atoms with Gasteiger partial charge in [0.2, 0.25) is 0 Å². The van der Waals surface area contributed by atoms with Crippen molar-refractivity contribution in [2.75, 3.05) is 19.6 Å². The first kappa shape index (κ1) is 16.0. The Morgan fingerprint density at radius 3 is 2.35 bits per heavy atom. The molecule has 0 amide bonds. The second kappa shape index (κ2) is 6.59. The molecule has 1 aromatic rings. The zero-order valence-corrected chi connectivity index (χ0v) is 14.5. The van der Waals surface area contributed by atoms with Crippen LogP contribution in [0.1, 0.15) is 45.2 Å². The Morgan fingerprint density at radius 1 is 1.25 bits per heavy atom. The summed E-state index contributed by atoms with van der Waals surface area (Å²) in [6, 6.07) is 8.81.